The van der Waals surface area contributed by atoms with Gasteiger partial charge in [0.15, 0.2) is 0 Å². The molecule has 178 valence electrons. The molecule has 3 rings (SSSR count). The van der Waals surface area contributed by atoms with E-state index >= 15 is 0 Å². The predicted molar refractivity (Wildman–Crippen MR) is 110 cm³/mol. The molecule has 3 aromatic carbocycles. The topological polar surface area (TPSA) is 64.6 Å². The Kier molecular flexibility index (Phi) is 7.08. The molecule has 0 bridgehead atoms. The highest BCUT2D eigenvalue weighted by atomic mass is 32.2. The van der Waals surface area contributed by atoms with Crippen molar-refractivity contribution in [1.29, 1.82) is 0 Å². The van der Waals surface area contributed by atoms with E-state index in [0.717, 1.165) is 10.8 Å². The van der Waals surface area contributed by atoms with Crippen LogP contribution in [0.5, 0.6) is 11.5 Å². The Morgan fingerprint density at radius 1 is 0.848 bits per heavy atom. The summed E-state index contributed by atoms with van der Waals surface area (Å²) in [4.78, 5) is 0. The van der Waals surface area contributed by atoms with Crippen LogP contribution < -0.4 is 9.46 Å². The normalized spacial score (nSPS) is 12.8. The number of halogens is 6. The average Bonchev–Trinajstić information content (AvgIpc) is 2.69. The number of alkyl halides is 6. The van der Waals surface area contributed by atoms with Gasteiger partial charge in [0.05, 0.1) is 18.0 Å². The van der Waals surface area contributed by atoms with Gasteiger partial charge in [-0.25, -0.2) is 8.42 Å². The lowest BCUT2D eigenvalue weighted by Crippen LogP contribution is -2.45. The lowest BCUT2D eigenvalue weighted by molar-refractivity contribution is -0.320. The third-order valence-electron chi connectivity index (χ3n) is 4.32. The first-order valence-electron chi connectivity index (χ1n) is 9.36. The molecule has 0 atom stereocenters. The van der Waals surface area contributed by atoms with E-state index in [4.69, 9.17) is 4.74 Å². The highest BCUT2D eigenvalue weighted by Crippen LogP contribution is 2.35. The minimum absolute atomic E-state index is 0.0101. The monoisotopic (exact) mass is 493 g/mol. The fourth-order valence-electron chi connectivity index (χ4n) is 2.92. The van der Waals surface area contributed by atoms with E-state index in [9.17, 15) is 34.8 Å². The number of nitrogens with one attached hydrogen (secondary N) is 1. The van der Waals surface area contributed by atoms with Gasteiger partial charge in [-0.1, -0.05) is 42.5 Å². The summed E-state index contributed by atoms with van der Waals surface area (Å²) in [5.74, 6) is -0.354. The second-order valence-corrected chi connectivity index (χ2v) is 8.70. The van der Waals surface area contributed by atoms with Gasteiger partial charge in [-0.3, -0.25) is 4.72 Å². The summed E-state index contributed by atoms with van der Waals surface area (Å²) >= 11 is 0. The fraction of sp³-hybridized carbons (Fsp3) is 0.238. The molecule has 0 spiro atoms. The molecule has 0 aliphatic carbocycles. The van der Waals surface area contributed by atoms with Crippen LogP contribution in [-0.4, -0.2) is 39.2 Å². The number of sulfonamides is 1. The number of rotatable bonds is 8. The third kappa shape index (κ3) is 6.75. The molecule has 0 heterocycles. The van der Waals surface area contributed by atoms with E-state index < -0.39 is 40.8 Å². The Balaban J connectivity index is 1.67. The number of ether oxygens (including phenoxy) is 2. The minimum atomic E-state index is -5.72. The maximum atomic E-state index is 12.5. The van der Waals surface area contributed by atoms with Crippen LogP contribution in [0.2, 0.25) is 0 Å². The molecule has 0 saturated heterocycles. The molecule has 0 aliphatic rings. The number of fused-ring (bicyclic) bond motifs is 1. The highest BCUT2D eigenvalue weighted by Gasteiger charge is 2.57. The Morgan fingerprint density at radius 2 is 1.48 bits per heavy atom. The molecule has 0 saturated carbocycles. The van der Waals surface area contributed by atoms with Gasteiger partial charge in [0, 0.05) is 11.5 Å². The molecule has 0 aliphatic heterocycles. The van der Waals surface area contributed by atoms with Crippen LogP contribution in [0.15, 0.2) is 66.7 Å². The van der Waals surface area contributed by atoms with E-state index in [1.54, 1.807) is 18.2 Å². The van der Waals surface area contributed by atoms with E-state index in [1.165, 1.54) is 18.2 Å². The smallest absolute Gasteiger partial charge is 0.423 e. The summed E-state index contributed by atoms with van der Waals surface area (Å²) in [5.41, 5.74) is 0.0101. The molecule has 0 aromatic heterocycles. The molecule has 0 radical (unpaired) electrons. The van der Waals surface area contributed by atoms with E-state index in [1.807, 2.05) is 30.3 Å². The van der Waals surface area contributed by atoms with E-state index in [2.05, 4.69) is 9.46 Å². The van der Waals surface area contributed by atoms with E-state index in [0.29, 0.717) is 5.75 Å². The molecular formula is C21H17F6NO4S. The summed E-state index contributed by atoms with van der Waals surface area (Å²) < 4.78 is 111. The van der Waals surface area contributed by atoms with Crippen LogP contribution in [0.1, 0.15) is 0 Å². The zero-order chi connectivity index (χ0) is 24.3. The molecule has 0 fully saturated rings. The van der Waals surface area contributed by atoms with Gasteiger partial charge in [-0.05, 0) is 23.6 Å². The Morgan fingerprint density at radius 3 is 2.18 bits per heavy atom. The second kappa shape index (κ2) is 9.48. The van der Waals surface area contributed by atoms with Crippen molar-refractivity contribution in [3.8, 4) is 11.5 Å². The lowest BCUT2D eigenvalue weighted by atomic mass is 10.1. The highest BCUT2D eigenvalue weighted by molar-refractivity contribution is 7.92. The molecule has 5 nitrogen and oxygen atoms in total. The molecule has 12 heteroatoms. The largest absolute Gasteiger partial charge is 0.457 e. The van der Waals surface area contributed by atoms with Gasteiger partial charge in [0.25, 0.3) is 0 Å². The summed E-state index contributed by atoms with van der Waals surface area (Å²) in [7, 11) is -4.31. The van der Waals surface area contributed by atoms with Gasteiger partial charge in [0.2, 0.25) is 16.1 Å². The number of hydrogen-bond acceptors (Lipinski definition) is 4. The summed E-state index contributed by atoms with van der Waals surface area (Å²) in [6.45, 7) is -1.31. The fourth-order valence-corrected chi connectivity index (χ4v) is 3.82. The zero-order valence-corrected chi connectivity index (χ0v) is 17.5. The Hall–Kier alpha value is -2.99. The van der Waals surface area contributed by atoms with Gasteiger partial charge in [-0.2, -0.15) is 26.3 Å². The minimum Gasteiger partial charge on any atom is -0.457 e. The van der Waals surface area contributed by atoms with Gasteiger partial charge < -0.3 is 9.47 Å². The van der Waals surface area contributed by atoms with Gasteiger partial charge in [-0.15, -0.1) is 0 Å². The molecule has 1 N–H and O–H groups in total. The van der Waals surface area contributed by atoms with Crippen LogP contribution >= 0.6 is 0 Å². The average molecular weight is 493 g/mol. The quantitative estimate of drug-likeness (QED) is 0.398. The van der Waals surface area contributed by atoms with Crippen molar-refractivity contribution in [2.24, 2.45) is 0 Å². The van der Waals surface area contributed by atoms with Gasteiger partial charge in [0.1, 0.15) is 11.5 Å². The maximum Gasteiger partial charge on any atom is 0.423 e. The number of benzene rings is 3. The second-order valence-electron chi connectivity index (χ2n) is 6.86. The standard InChI is InChI=1S/C21H17F6NO4S/c22-20(23,24)19(21(25,26)27)31-11-12-33(29,30)28-15-7-4-8-16(13-15)32-18-10-3-6-14-5-1-2-9-17(14)18/h1-10,13,19,28H,11-12H2. The zero-order valence-electron chi connectivity index (χ0n) is 16.7. The third-order valence-corrected chi connectivity index (χ3v) is 5.57. The first-order valence-corrected chi connectivity index (χ1v) is 11.0. The SMILES string of the molecule is O=S(=O)(CCOC(C(F)(F)F)C(F)(F)F)Nc1cccc(Oc2cccc3ccccc23)c1. The first-order chi connectivity index (χ1) is 15.4. The van der Waals surface area contributed by atoms with Crippen molar-refractivity contribution in [1.82, 2.24) is 0 Å². The molecule has 33 heavy (non-hydrogen) atoms. The van der Waals surface area contributed by atoms with Crippen molar-refractivity contribution >= 4 is 26.5 Å². The van der Waals surface area contributed by atoms with Crippen LogP contribution in [0.3, 0.4) is 0 Å². The molecule has 0 amide bonds. The summed E-state index contributed by atoms with van der Waals surface area (Å²) in [6.07, 6.45) is -15.5. The number of anilines is 1. The maximum absolute atomic E-state index is 12.5. The van der Waals surface area contributed by atoms with Crippen molar-refractivity contribution in [2.75, 3.05) is 17.1 Å². The van der Waals surface area contributed by atoms with Crippen molar-refractivity contribution < 1.29 is 44.2 Å². The summed E-state index contributed by atoms with van der Waals surface area (Å²) in [6, 6.07) is 18.5. The van der Waals surface area contributed by atoms with Crippen molar-refractivity contribution in [3.05, 3.63) is 66.7 Å². The van der Waals surface area contributed by atoms with Crippen LogP contribution in [0.25, 0.3) is 10.8 Å². The molecule has 3 aromatic rings. The lowest BCUT2D eigenvalue weighted by Gasteiger charge is -2.23. The summed E-state index contributed by atoms with van der Waals surface area (Å²) in [5, 5.41) is 1.73. The van der Waals surface area contributed by atoms with E-state index in [-0.39, 0.29) is 11.4 Å². The Bertz CT molecular complexity index is 1190. The molecular weight excluding hydrogens is 476 g/mol. The first kappa shape index (κ1) is 24.6. The number of hydrogen-bond donors (Lipinski definition) is 1. The van der Waals surface area contributed by atoms with Gasteiger partial charge >= 0.3 is 12.4 Å². The van der Waals surface area contributed by atoms with Crippen molar-refractivity contribution in [2.45, 2.75) is 18.5 Å². The van der Waals surface area contributed by atoms with Crippen LogP contribution in [0.4, 0.5) is 32.0 Å². The molecule has 0 unspecified atom stereocenters. The van der Waals surface area contributed by atoms with Crippen molar-refractivity contribution in [3.63, 3.8) is 0 Å². The predicted octanol–water partition coefficient (Wildman–Crippen LogP) is 5.88. The van der Waals surface area contributed by atoms with Crippen LogP contribution in [-0.2, 0) is 14.8 Å². The van der Waals surface area contributed by atoms with Crippen LogP contribution in [0, 0.1) is 0 Å². The Labute approximate surface area is 185 Å².